The van der Waals surface area contributed by atoms with Gasteiger partial charge >= 0.3 is 5.97 Å². The highest BCUT2D eigenvalue weighted by molar-refractivity contribution is 7.80. The van der Waals surface area contributed by atoms with E-state index in [0.29, 0.717) is 16.5 Å². The molecule has 2 aromatic carbocycles. The van der Waals surface area contributed by atoms with Crippen molar-refractivity contribution in [3.8, 4) is 11.3 Å². The van der Waals surface area contributed by atoms with Gasteiger partial charge in [0.1, 0.15) is 23.3 Å². The first-order chi connectivity index (χ1) is 14.9. The van der Waals surface area contributed by atoms with Crippen LogP contribution in [0.4, 0.5) is 0 Å². The van der Waals surface area contributed by atoms with Crippen molar-refractivity contribution >= 4 is 46.9 Å². The highest BCUT2D eigenvalue weighted by Gasteiger charge is 2.39. The monoisotopic (exact) mass is 452 g/mol. The Morgan fingerprint density at radius 2 is 1.84 bits per heavy atom. The number of carbonyl (C=O) groups excluding carboxylic acids is 1. The van der Waals surface area contributed by atoms with Gasteiger partial charge in [-0.25, -0.2) is 4.79 Å². The number of furan rings is 1. The summed E-state index contributed by atoms with van der Waals surface area (Å²) in [5, 5.41) is 13.2. The van der Waals surface area contributed by atoms with E-state index < -0.39 is 17.9 Å². The highest BCUT2D eigenvalue weighted by Crippen LogP contribution is 2.26. The van der Waals surface area contributed by atoms with Crippen molar-refractivity contribution in [3.63, 3.8) is 0 Å². The maximum absolute atomic E-state index is 13.0. The fourth-order valence-electron chi connectivity index (χ4n) is 3.30. The van der Waals surface area contributed by atoms with Crippen molar-refractivity contribution in [3.05, 3.63) is 88.8 Å². The summed E-state index contributed by atoms with van der Waals surface area (Å²) in [4.78, 5) is 26.0. The van der Waals surface area contributed by atoms with E-state index in [2.05, 4.69) is 5.32 Å². The first-order valence-electron chi connectivity index (χ1n) is 9.41. The van der Waals surface area contributed by atoms with Gasteiger partial charge in [-0.3, -0.25) is 9.69 Å². The fraction of sp³-hybridized carbons (Fsp3) is 0.0870. The number of rotatable bonds is 6. The van der Waals surface area contributed by atoms with Gasteiger partial charge in [0.05, 0.1) is 0 Å². The maximum atomic E-state index is 13.0. The van der Waals surface area contributed by atoms with E-state index >= 15 is 0 Å². The molecule has 0 spiro atoms. The van der Waals surface area contributed by atoms with Crippen LogP contribution in [0.1, 0.15) is 11.3 Å². The molecule has 8 heteroatoms. The third-order valence-electron chi connectivity index (χ3n) is 4.82. The molecule has 2 heterocycles. The van der Waals surface area contributed by atoms with Crippen molar-refractivity contribution in [2.24, 2.45) is 0 Å². The number of hydrogen-bond donors (Lipinski definition) is 2. The molecule has 31 heavy (non-hydrogen) atoms. The zero-order valence-electron chi connectivity index (χ0n) is 16.1. The first kappa shape index (κ1) is 20.8. The number of carboxylic acids is 1. The third-order valence-corrected chi connectivity index (χ3v) is 5.37. The summed E-state index contributed by atoms with van der Waals surface area (Å²) in [7, 11) is 0. The minimum atomic E-state index is -1.13. The Morgan fingerprint density at radius 3 is 2.52 bits per heavy atom. The summed E-state index contributed by atoms with van der Waals surface area (Å²) < 4.78 is 5.80. The molecular formula is C23H17ClN2O4S. The molecule has 0 saturated carbocycles. The topological polar surface area (TPSA) is 82.8 Å². The van der Waals surface area contributed by atoms with Crippen LogP contribution in [-0.4, -0.2) is 33.0 Å². The molecule has 3 aromatic rings. The zero-order valence-corrected chi connectivity index (χ0v) is 17.7. The lowest BCUT2D eigenvalue weighted by Gasteiger charge is -2.22. The number of aliphatic carboxylic acids is 1. The van der Waals surface area contributed by atoms with Crippen LogP contribution in [0.15, 0.2) is 76.8 Å². The number of thiocarbonyl (C=S) groups is 1. The van der Waals surface area contributed by atoms with Crippen molar-refractivity contribution in [2.75, 3.05) is 0 Å². The van der Waals surface area contributed by atoms with Crippen LogP contribution in [0.25, 0.3) is 17.4 Å². The highest BCUT2D eigenvalue weighted by atomic mass is 35.5. The van der Waals surface area contributed by atoms with E-state index in [4.69, 9.17) is 28.2 Å². The van der Waals surface area contributed by atoms with E-state index in [0.717, 1.165) is 16.0 Å². The molecule has 1 amide bonds. The Balaban J connectivity index is 1.56. The Morgan fingerprint density at radius 1 is 1.13 bits per heavy atom. The molecule has 1 saturated heterocycles. The molecule has 0 bridgehead atoms. The summed E-state index contributed by atoms with van der Waals surface area (Å²) in [6, 6.07) is 18.6. The molecule has 1 fully saturated rings. The van der Waals surface area contributed by atoms with Crippen LogP contribution >= 0.6 is 23.8 Å². The number of carboxylic acid groups (broad SMARTS) is 1. The van der Waals surface area contributed by atoms with Gasteiger partial charge in [-0.1, -0.05) is 41.9 Å². The largest absolute Gasteiger partial charge is 0.480 e. The summed E-state index contributed by atoms with van der Waals surface area (Å²) in [6.07, 6.45) is 1.65. The standard InChI is InChI=1S/C23H17ClN2O4S/c24-16-8-6-15(7-9-16)20-11-10-17(30-20)13-18-21(27)26(23(31)25-18)19(22(28)29)12-14-4-2-1-3-5-14/h1-11,13,19H,12H2,(H,25,31)(H,28,29)/b18-13-. The molecule has 1 aliphatic heterocycles. The molecule has 1 aliphatic rings. The second-order valence-corrected chi connectivity index (χ2v) is 7.74. The third kappa shape index (κ3) is 4.52. The van der Waals surface area contributed by atoms with Crippen molar-refractivity contribution < 1.29 is 19.1 Å². The lowest BCUT2D eigenvalue weighted by molar-refractivity contribution is -0.145. The number of benzene rings is 2. The van der Waals surface area contributed by atoms with Gasteiger partial charge < -0.3 is 14.8 Å². The summed E-state index contributed by atoms with van der Waals surface area (Å²) in [6.45, 7) is 0. The lowest BCUT2D eigenvalue weighted by atomic mass is 10.0. The summed E-state index contributed by atoms with van der Waals surface area (Å²) >= 11 is 11.2. The normalized spacial score (nSPS) is 15.9. The number of halogens is 1. The average Bonchev–Trinajstić information content (AvgIpc) is 3.32. The maximum Gasteiger partial charge on any atom is 0.327 e. The Bertz CT molecular complexity index is 1170. The van der Waals surface area contributed by atoms with E-state index in [1.165, 1.54) is 6.08 Å². The van der Waals surface area contributed by atoms with E-state index in [1.807, 2.05) is 42.5 Å². The molecule has 2 N–H and O–H groups in total. The minimum absolute atomic E-state index is 0.0454. The molecule has 6 nitrogen and oxygen atoms in total. The fourth-order valence-corrected chi connectivity index (χ4v) is 3.75. The Hall–Kier alpha value is -3.42. The second-order valence-electron chi connectivity index (χ2n) is 6.92. The van der Waals surface area contributed by atoms with Crippen LogP contribution in [0.3, 0.4) is 0 Å². The molecular weight excluding hydrogens is 436 g/mol. The smallest absolute Gasteiger partial charge is 0.327 e. The van der Waals surface area contributed by atoms with E-state index in [9.17, 15) is 14.7 Å². The first-order valence-corrected chi connectivity index (χ1v) is 10.2. The second kappa shape index (κ2) is 8.75. The van der Waals surface area contributed by atoms with Gasteiger partial charge in [0.25, 0.3) is 5.91 Å². The SMILES string of the molecule is O=C(O)C(Cc1ccccc1)N1C(=O)/C(=C/c2ccc(-c3ccc(Cl)cc3)o2)NC1=S. The molecule has 1 aromatic heterocycles. The molecule has 0 radical (unpaired) electrons. The number of nitrogens with zero attached hydrogens (tertiary/aromatic N) is 1. The van der Waals surface area contributed by atoms with Gasteiger partial charge in [0.15, 0.2) is 5.11 Å². The van der Waals surface area contributed by atoms with Gasteiger partial charge in [-0.2, -0.15) is 0 Å². The van der Waals surface area contributed by atoms with Gasteiger partial charge in [-0.05, 0) is 54.2 Å². The summed E-state index contributed by atoms with van der Waals surface area (Å²) in [5.74, 6) is -0.607. The van der Waals surface area contributed by atoms with Gasteiger partial charge in [0.2, 0.25) is 0 Å². The van der Waals surface area contributed by atoms with Gasteiger partial charge in [-0.15, -0.1) is 0 Å². The van der Waals surface area contributed by atoms with Crippen LogP contribution in [-0.2, 0) is 16.0 Å². The van der Waals surface area contributed by atoms with Crippen LogP contribution in [0.2, 0.25) is 5.02 Å². The molecule has 1 unspecified atom stereocenters. The van der Waals surface area contributed by atoms with Crippen LogP contribution < -0.4 is 5.32 Å². The number of hydrogen-bond acceptors (Lipinski definition) is 4. The zero-order chi connectivity index (χ0) is 22.0. The van der Waals surface area contributed by atoms with Crippen molar-refractivity contribution in [2.45, 2.75) is 12.5 Å². The van der Waals surface area contributed by atoms with Crippen LogP contribution in [0, 0.1) is 0 Å². The molecule has 156 valence electrons. The average molecular weight is 453 g/mol. The predicted molar refractivity (Wildman–Crippen MR) is 121 cm³/mol. The lowest BCUT2D eigenvalue weighted by Crippen LogP contribution is -2.46. The van der Waals surface area contributed by atoms with Crippen molar-refractivity contribution in [1.29, 1.82) is 0 Å². The summed E-state index contributed by atoms with van der Waals surface area (Å²) in [5.41, 5.74) is 1.79. The van der Waals surface area contributed by atoms with Crippen LogP contribution in [0.5, 0.6) is 0 Å². The van der Waals surface area contributed by atoms with E-state index in [-0.39, 0.29) is 17.2 Å². The minimum Gasteiger partial charge on any atom is -0.480 e. The molecule has 4 rings (SSSR count). The van der Waals surface area contributed by atoms with Gasteiger partial charge in [0, 0.05) is 23.1 Å². The van der Waals surface area contributed by atoms with E-state index in [1.54, 1.807) is 24.3 Å². The quantitative estimate of drug-likeness (QED) is 0.427. The predicted octanol–water partition coefficient (Wildman–Crippen LogP) is 4.35. The number of amides is 1. The molecule has 0 aliphatic carbocycles. The number of carbonyl (C=O) groups is 2. The van der Waals surface area contributed by atoms with Crippen molar-refractivity contribution in [1.82, 2.24) is 10.2 Å². The number of nitrogens with one attached hydrogen (secondary N) is 1. The Kier molecular flexibility index (Phi) is 5.88. The Labute approximate surface area is 188 Å². The molecule has 1 atom stereocenters.